The van der Waals surface area contributed by atoms with E-state index in [0.717, 1.165) is 6.42 Å². The maximum Gasteiger partial charge on any atom is 0.254 e. The maximum atomic E-state index is 13.4. The average Bonchev–Trinajstić information content (AvgIpc) is 2.43. The third kappa shape index (κ3) is 4.01. The Bertz CT molecular complexity index is 545. The molecule has 2 amide bonds. The van der Waals surface area contributed by atoms with Crippen LogP contribution in [0, 0.1) is 5.82 Å². The van der Waals surface area contributed by atoms with Crippen LogP contribution in [-0.2, 0) is 4.79 Å². The number of aliphatic hydroxyl groups is 1. The van der Waals surface area contributed by atoms with Crippen molar-refractivity contribution in [2.45, 2.75) is 25.4 Å². The first-order valence-corrected chi connectivity index (χ1v) is 6.92. The van der Waals surface area contributed by atoms with Gasteiger partial charge in [-0.15, -0.1) is 0 Å². The lowest BCUT2D eigenvalue weighted by atomic mass is 9.95. The quantitative estimate of drug-likeness (QED) is 0.871. The van der Waals surface area contributed by atoms with Crippen LogP contribution in [-0.4, -0.2) is 47.1 Å². The van der Waals surface area contributed by atoms with E-state index in [1.807, 2.05) is 0 Å². The van der Waals surface area contributed by atoms with Gasteiger partial charge in [0.25, 0.3) is 5.91 Å². The molecule has 5 nitrogen and oxygen atoms in total. The molecule has 1 saturated heterocycles. The number of likely N-dealkylation sites (tertiary alicyclic amines) is 1. The Hall–Kier alpha value is -1.95. The summed E-state index contributed by atoms with van der Waals surface area (Å²) in [4.78, 5) is 25.3. The van der Waals surface area contributed by atoms with Crippen molar-refractivity contribution in [3.8, 4) is 0 Å². The number of rotatable bonds is 3. The van der Waals surface area contributed by atoms with E-state index in [2.05, 4.69) is 5.32 Å². The summed E-state index contributed by atoms with van der Waals surface area (Å²) in [6.07, 6.45) is 1.37. The fourth-order valence-corrected chi connectivity index (χ4v) is 2.44. The minimum atomic E-state index is -0.885. The fraction of sp³-hybridized carbons (Fsp3) is 0.467. The summed E-state index contributed by atoms with van der Waals surface area (Å²) < 4.78 is 13.4. The largest absolute Gasteiger partial charge is 0.388 e. The van der Waals surface area contributed by atoms with Gasteiger partial charge in [-0.2, -0.15) is 0 Å². The zero-order valence-corrected chi connectivity index (χ0v) is 11.9. The van der Waals surface area contributed by atoms with E-state index in [1.165, 1.54) is 23.1 Å². The van der Waals surface area contributed by atoms with Gasteiger partial charge in [-0.1, -0.05) is 12.1 Å². The van der Waals surface area contributed by atoms with Gasteiger partial charge in [-0.05, 0) is 31.9 Å². The summed E-state index contributed by atoms with van der Waals surface area (Å²) in [5.74, 6) is -1.52. The van der Waals surface area contributed by atoms with Gasteiger partial charge in [0.2, 0.25) is 5.91 Å². The summed E-state index contributed by atoms with van der Waals surface area (Å²) in [6.45, 7) is 2.29. The molecule has 1 aromatic rings. The molecule has 0 bridgehead atoms. The number of β-amino-alcohol motifs (C(OH)–C–C–N with tert-alkyl or cyclic N) is 1. The van der Waals surface area contributed by atoms with Crippen molar-refractivity contribution in [3.05, 3.63) is 35.6 Å². The number of carbonyl (C=O) groups is 2. The first-order chi connectivity index (χ1) is 9.89. The number of benzene rings is 1. The molecular weight excluding hydrogens is 275 g/mol. The maximum absolute atomic E-state index is 13.4. The molecule has 21 heavy (non-hydrogen) atoms. The van der Waals surface area contributed by atoms with E-state index in [4.69, 9.17) is 0 Å². The zero-order chi connectivity index (χ0) is 15.5. The monoisotopic (exact) mass is 294 g/mol. The van der Waals surface area contributed by atoms with Crippen LogP contribution < -0.4 is 5.32 Å². The lowest BCUT2D eigenvalue weighted by Gasteiger charge is -2.36. The summed E-state index contributed by atoms with van der Waals surface area (Å²) in [5.41, 5.74) is -0.973. The first kappa shape index (κ1) is 15.4. The molecule has 1 fully saturated rings. The number of hydrogen-bond acceptors (Lipinski definition) is 3. The molecule has 1 aromatic carbocycles. The van der Waals surface area contributed by atoms with Gasteiger partial charge >= 0.3 is 0 Å². The smallest absolute Gasteiger partial charge is 0.254 e. The second-order valence-corrected chi connectivity index (χ2v) is 5.58. The third-order valence-electron chi connectivity index (χ3n) is 3.55. The molecule has 2 rings (SSSR count). The highest BCUT2D eigenvalue weighted by Gasteiger charge is 2.30. The van der Waals surface area contributed by atoms with Crippen LogP contribution in [0.3, 0.4) is 0 Å². The molecule has 0 saturated carbocycles. The average molecular weight is 294 g/mol. The van der Waals surface area contributed by atoms with E-state index >= 15 is 0 Å². The predicted octanol–water partition coefficient (Wildman–Crippen LogP) is 0.929. The van der Waals surface area contributed by atoms with Crippen LogP contribution >= 0.6 is 0 Å². The van der Waals surface area contributed by atoms with E-state index in [1.54, 1.807) is 13.0 Å². The van der Waals surface area contributed by atoms with E-state index < -0.39 is 17.3 Å². The number of amides is 2. The second kappa shape index (κ2) is 6.22. The van der Waals surface area contributed by atoms with Crippen molar-refractivity contribution in [2.24, 2.45) is 0 Å². The molecule has 1 aliphatic heterocycles. The van der Waals surface area contributed by atoms with Crippen molar-refractivity contribution >= 4 is 11.8 Å². The van der Waals surface area contributed by atoms with Crippen LogP contribution in [0.1, 0.15) is 30.1 Å². The van der Waals surface area contributed by atoms with Crippen LogP contribution in [0.4, 0.5) is 4.39 Å². The number of piperidine rings is 1. The Kier molecular flexibility index (Phi) is 4.57. The normalized spacial score (nSPS) is 22.0. The number of nitrogens with zero attached hydrogens (tertiary/aromatic N) is 1. The molecule has 2 N–H and O–H groups in total. The van der Waals surface area contributed by atoms with Gasteiger partial charge < -0.3 is 15.3 Å². The molecule has 0 spiro atoms. The Morgan fingerprint density at radius 3 is 2.81 bits per heavy atom. The molecule has 1 unspecified atom stereocenters. The Labute approximate surface area is 122 Å². The fourth-order valence-electron chi connectivity index (χ4n) is 2.44. The van der Waals surface area contributed by atoms with E-state index in [9.17, 15) is 19.1 Å². The first-order valence-electron chi connectivity index (χ1n) is 6.92. The van der Waals surface area contributed by atoms with Gasteiger partial charge in [0, 0.05) is 13.1 Å². The van der Waals surface area contributed by atoms with Crippen molar-refractivity contribution < 1.29 is 19.1 Å². The van der Waals surface area contributed by atoms with Crippen molar-refractivity contribution in [2.75, 3.05) is 19.6 Å². The predicted molar refractivity (Wildman–Crippen MR) is 75.2 cm³/mol. The summed E-state index contributed by atoms with van der Waals surface area (Å²) in [6, 6.07) is 5.61. The topological polar surface area (TPSA) is 69.6 Å². The number of nitrogens with one attached hydrogen (secondary N) is 1. The third-order valence-corrected chi connectivity index (χ3v) is 3.55. The summed E-state index contributed by atoms with van der Waals surface area (Å²) in [5, 5.41) is 12.4. The van der Waals surface area contributed by atoms with Gasteiger partial charge in [0.15, 0.2) is 0 Å². The highest BCUT2D eigenvalue weighted by atomic mass is 19.1. The van der Waals surface area contributed by atoms with Crippen LogP contribution in [0.25, 0.3) is 0 Å². The molecule has 0 aliphatic carbocycles. The minimum absolute atomic E-state index is 0.0871. The van der Waals surface area contributed by atoms with Crippen LogP contribution in [0.15, 0.2) is 24.3 Å². The molecule has 114 valence electrons. The van der Waals surface area contributed by atoms with E-state index in [-0.39, 0.29) is 24.6 Å². The highest BCUT2D eigenvalue weighted by Crippen LogP contribution is 2.20. The molecular formula is C15H19FN2O3. The summed E-state index contributed by atoms with van der Waals surface area (Å²) >= 11 is 0. The van der Waals surface area contributed by atoms with Crippen molar-refractivity contribution in [1.29, 1.82) is 0 Å². The minimum Gasteiger partial charge on any atom is -0.388 e. The van der Waals surface area contributed by atoms with Crippen molar-refractivity contribution in [3.63, 3.8) is 0 Å². The number of halogens is 1. The van der Waals surface area contributed by atoms with Gasteiger partial charge in [-0.25, -0.2) is 4.39 Å². The number of hydrogen-bond donors (Lipinski definition) is 2. The Balaban J connectivity index is 1.89. The van der Waals surface area contributed by atoms with Gasteiger partial charge in [-0.3, -0.25) is 9.59 Å². The molecule has 1 atom stereocenters. The highest BCUT2D eigenvalue weighted by molar-refractivity contribution is 5.96. The van der Waals surface area contributed by atoms with E-state index in [0.29, 0.717) is 13.0 Å². The molecule has 1 aliphatic rings. The van der Waals surface area contributed by atoms with Crippen LogP contribution in [0.5, 0.6) is 0 Å². The second-order valence-electron chi connectivity index (χ2n) is 5.58. The van der Waals surface area contributed by atoms with Gasteiger partial charge in [0.05, 0.1) is 17.7 Å². The molecule has 0 aromatic heterocycles. The van der Waals surface area contributed by atoms with Crippen LogP contribution in [0.2, 0.25) is 0 Å². The summed E-state index contributed by atoms with van der Waals surface area (Å²) in [7, 11) is 0. The lowest BCUT2D eigenvalue weighted by Crippen LogP contribution is -2.51. The SMILES string of the molecule is CC1(O)CCCN(C(=O)CNC(=O)c2ccccc2F)C1. The number of carbonyl (C=O) groups excluding carboxylic acids is 2. The lowest BCUT2D eigenvalue weighted by molar-refractivity contribution is -0.136. The Morgan fingerprint density at radius 1 is 1.43 bits per heavy atom. The van der Waals surface area contributed by atoms with Gasteiger partial charge in [0.1, 0.15) is 5.82 Å². The molecule has 6 heteroatoms. The molecule has 1 heterocycles. The zero-order valence-electron chi connectivity index (χ0n) is 11.9. The molecule has 0 radical (unpaired) electrons. The Morgan fingerprint density at radius 2 is 2.14 bits per heavy atom. The van der Waals surface area contributed by atoms with Crippen molar-refractivity contribution in [1.82, 2.24) is 10.2 Å². The standard InChI is InChI=1S/C15H19FN2O3/c1-15(21)7-4-8-18(10-15)13(19)9-17-14(20)11-5-2-3-6-12(11)16/h2-3,5-6,21H,4,7-10H2,1H3,(H,17,20).